The Morgan fingerprint density at radius 3 is 1.95 bits per heavy atom. The number of nitriles is 2. The molecule has 64 heavy (non-hydrogen) atoms. The van der Waals surface area contributed by atoms with Gasteiger partial charge < -0.3 is 47.9 Å². The molecular weight excluding hydrogens is 844 g/mol. The molecule has 1 aromatic heterocycles. The van der Waals surface area contributed by atoms with Gasteiger partial charge in [0.2, 0.25) is 0 Å². The van der Waals surface area contributed by atoms with E-state index in [0.29, 0.717) is 28.2 Å². The van der Waals surface area contributed by atoms with E-state index in [1.165, 1.54) is 23.8 Å². The molecule has 0 aliphatic carbocycles. The predicted octanol–water partition coefficient (Wildman–Crippen LogP) is 6.61. The van der Waals surface area contributed by atoms with Gasteiger partial charge in [-0.2, -0.15) is 15.5 Å². The van der Waals surface area contributed by atoms with E-state index in [0.717, 1.165) is 0 Å². The summed E-state index contributed by atoms with van der Waals surface area (Å²) in [6.07, 6.45) is -4.81. The molecule has 1 fully saturated rings. The molecule has 0 spiro atoms. The van der Waals surface area contributed by atoms with Gasteiger partial charge in [-0.3, -0.25) is 9.36 Å². The Morgan fingerprint density at radius 2 is 1.42 bits per heavy atom. The highest BCUT2D eigenvalue weighted by molar-refractivity contribution is 7.44. The molecule has 1 aliphatic rings. The standard InChI is InChI=1S/C46H57N6O11P/c1-31(2)52(32(3)4)64(60-28-12-25-48)63-42-41(61-44(51-26-23-39(49)50-45(51)54)43(42)59-30-58-29-57-27-11-24-47)40(33(5)53)62-46(34-13-9-8-10-14-34,35-15-19-37(55-6)20-16-35)36-17-21-38(56-7)22-18-36/h8-10,13-23,26,31-32,40-44H,11-12,27-30H2,1-7H3,(H2,49,50,54)/t40?,41-,42-,43-,44-,64?/m1/s1. The van der Waals surface area contributed by atoms with E-state index >= 15 is 0 Å². The topological polar surface area (TPSA) is 212 Å². The van der Waals surface area contributed by atoms with Gasteiger partial charge in [0.05, 0.1) is 52.4 Å². The van der Waals surface area contributed by atoms with Crippen molar-refractivity contribution < 1.29 is 47.0 Å². The highest BCUT2D eigenvalue weighted by atomic mass is 31.2. The zero-order valence-electron chi connectivity index (χ0n) is 37.2. The number of methoxy groups -OCH3 is 2. The summed E-state index contributed by atoms with van der Waals surface area (Å²) in [5.74, 6) is 0.742. The fourth-order valence-corrected chi connectivity index (χ4v) is 9.20. The van der Waals surface area contributed by atoms with Crippen LogP contribution in [0.3, 0.4) is 0 Å². The minimum atomic E-state index is -2.02. The summed E-state index contributed by atoms with van der Waals surface area (Å²) < 4.78 is 59.7. The van der Waals surface area contributed by atoms with Gasteiger partial charge in [0, 0.05) is 18.3 Å². The lowest BCUT2D eigenvalue weighted by molar-refractivity contribution is -0.174. The monoisotopic (exact) mass is 900 g/mol. The molecule has 0 radical (unpaired) electrons. The number of carbonyl (C=O) groups excluding carboxylic acids is 1. The number of Topliss-reactive ketones (excluding diaryl/α,β-unsaturated/α-hetero) is 1. The van der Waals surface area contributed by atoms with Crippen molar-refractivity contribution in [2.45, 2.75) is 95.8 Å². The van der Waals surface area contributed by atoms with Crippen LogP contribution in [0.4, 0.5) is 5.82 Å². The first-order chi connectivity index (χ1) is 30.9. The highest BCUT2D eigenvalue weighted by Gasteiger charge is 2.56. The molecule has 2 unspecified atom stereocenters. The Morgan fingerprint density at radius 1 is 0.844 bits per heavy atom. The lowest BCUT2D eigenvalue weighted by Gasteiger charge is -2.41. The molecule has 1 aliphatic heterocycles. The molecule has 2 heterocycles. The summed E-state index contributed by atoms with van der Waals surface area (Å²) in [4.78, 5) is 32.2. The summed E-state index contributed by atoms with van der Waals surface area (Å²) in [6.45, 7) is 8.94. The van der Waals surface area contributed by atoms with Crippen molar-refractivity contribution in [2.75, 3.05) is 46.8 Å². The largest absolute Gasteiger partial charge is 0.497 e. The van der Waals surface area contributed by atoms with Crippen molar-refractivity contribution in [3.05, 3.63) is 118 Å². The van der Waals surface area contributed by atoms with Crippen LogP contribution in [0.5, 0.6) is 11.5 Å². The van der Waals surface area contributed by atoms with Crippen molar-refractivity contribution in [1.29, 1.82) is 10.5 Å². The molecule has 3 aromatic carbocycles. The molecule has 0 bridgehead atoms. The zero-order valence-corrected chi connectivity index (χ0v) is 38.1. The molecule has 342 valence electrons. The number of nitrogen functional groups attached to an aromatic ring is 1. The second-order valence-electron chi connectivity index (χ2n) is 15.2. The third kappa shape index (κ3) is 12.1. The van der Waals surface area contributed by atoms with E-state index in [-0.39, 0.29) is 57.5 Å². The number of aromatic nitrogens is 2. The molecular formula is C46H57N6O11P. The second-order valence-corrected chi connectivity index (χ2v) is 16.6. The average molecular weight is 901 g/mol. The average Bonchev–Trinajstić information content (AvgIpc) is 3.63. The highest BCUT2D eigenvalue weighted by Crippen LogP contribution is 2.52. The van der Waals surface area contributed by atoms with Crippen LogP contribution in [-0.4, -0.2) is 97.5 Å². The number of benzene rings is 3. The van der Waals surface area contributed by atoms with E-state index in [9.17, 15) is 14.9 Å². The normalized spacial score (nSPS) is 18.4. The fraction of sp³-hybridized carbons (Fsp3) is 0.457. The summed E-state index contributed by atoms with van der Waals surface area (Å²) in [7, 11) is 1.13. The first kappa shape index (κ1) is 49.7. The number of hydrogen-bond acceptors (Lipinski definition) is 16. The molecule has 0 amide bonds. The Balaban J connectivity index is 1.74. The van der Waals surface area contributed by atoms with Gasteiger partial charge in [-0.15, -0.1) is 0 Å². The first-order valence-corrected chi connectivity index (χ1v) is 21.9. The van der Waals surface area contributed by atoms with Crippen LogP contribution >= 0.6 is 8.53 Å². The second kappa shape index (κ2) is 24.1. The third-order valence-electron chi connectivity index (χ3n) is 10.3. The van der Waals surface area contributed by atoms with E-state index < -0.39 is 56.2 Å². The van der Waals surface area contributed by atoms with Crippen molar-refractivity contribution in [1.82, 2.24) is 14.2 Å². The molecule has 1 saturated heterocycles. The van der Waals surface area contributed by atoms with Crippen LogP contribution in [-0.2, 0) is 43.1 Å². The third-order valence-corrected chi connectivity index (χ3v) is 12.4. The number of ether oxygens (including phenoxy) is 7. The lowest BCUT2D eigenvalue weighted by atomic mass is 9.79. The Kier molecular flexibility index (Phi) is 18.7. The summed E-state index contributed by atoms with van der Waals surface area (Å²) in [6, 6.07) is 29.5. The number of hydrogen-bond donors (Lipinski definition) is 1. The van der Waals surface area contributed by atoms with Gasteiger partial charge in [-0.05, 0) is 81.6 Å². The van der Waals surface area contributed by atoms with Crippen molar-refractivity contribution in [2.24, 2.45) is 0 Å². The van der Waals surface area contributed by atoms with Gasteiger partial charge in [0.1, 0.15) is 60.9 Å². The van der Waals surface area contributed by atoms with E-state index in [2.05, 4.69) is 11.1 Å². The molecule has 18 heteroatoms. The molecule has 6 atom stereocenters. The summed E-state index contributed by atoms with van der Waals surface area (Å²) in [5, 5.41) is 18.5. The van der Waals surface area contributed by atoms with Crippen LogP contribution in [0.25, 0.3) is 0 Å². The molecule has 2 N–H and O–H groups in total. The first-order valence-electron chi connectivity index (χ1n) is 20.8. The van der Waals surface area contributed by atoms with Crippen molar-refractivity contribution in [3.8, 4) is 23.6 Å². The van der Waals surface area contributed by atoms with E-state index in [4.69, 9.17) is 53.2 Å². The van der Waals surface area contributed by atoms with Crippen LogP contribution in [0.1, 0.15) is 70.4 Å². The number of rotatable bonds is 25. The molecule has 17 nitrogen and oxygen atoms in total. The molecule has 4 aromatic rings. The maximum absolute atomic E-state index is 14.6. The Hall–Kier alpha value is -5.30. The van der Waals surface area contributed by atoms with Crippen molar-refractivity contribution in [3.63, 3.8) is 0 Å². The number of anilines is 1. The minimum Gasteiger partial charge on any atom is -0.497 e. The number of nitrogens with zero attached hydrogens (tertiary/aromatic N) is 5. The zero-order chi connectivity index (χ0) is 46.2. The van der Waals surface area contributed by atoms with Crippen LogP contribution in [0.2, 0.25) is 0 Å². The van der Waals surface area contributed by atoms with Gasteiger partial charge in [-0.1, -0.05) is 54.6 Å². The SMILES string of the molecule is COc1ccc(C(OC(C(C)=O)[C@H]2O[C@@H](n3ccc(N)nc3=O)[C@H](OCOCOCCC#N)[C@@H]2OP(OCCC#N)N(C(C)C)C(C)C)(c2ccccc2)c2ccc(OC)cc2)cc1. The quantitative estimate of drug-likeness (QED) is 0.0321. The molecule has 5 rings (SSSR count). The fourth-order valence-electron chi connectivity index (χ4n) is 7.44. The van der Waals surface area contributed by atoms with Gasteiger partial charge in [0.15, 0.2) is 12.0 Å². The Labute approximate surface area is 375 Å². The summed E-state index contributed by atoms with van der Waals surface area (Å²) >= 11 is 0. The van der Waals surface area contributed by atoms with Crippen LogP contribution in [0.15, 0.2) is 95.9 Å². The number of carbonyl (C=O) groups is 1. The van der Waals surface area contributed by atoms with E-state index in [1.54, 1.807) is 14.2 Å². The van der Waals surface area contributed by atoms with Crippen LogP contribution < -0.4 is 20.9 Å². The maximum Gasteiger partial charge on any atom is 0.351 e. The van der Waals surface area contributed by atoms with Crippen LogP contribution in [0, 0.1) is 22.7 Å². The minimum absolute atomic E-state index is 0.0191. The smallest absolute Gasteiger partial charge is 0.351 e. The van der Waals surface area contributed by atoms with E-state index in [1.807, 2.05) is 117 Å². The van der Waals surface area contributed by atoms with Gasteiger partial charge >= 0.3 is 5.69 Å². The number of nitrogens with two attached hydrogens (primary N) is 1. The van der Waals surface area contributed by atoms with Gasteiger partial charge in [0.25, 0.3) is 8.53 Å². The molecule has 0 saturated carbocycles. The predicted molar refractivity (Wildman–Crippen MR) is 237 cm³/mol. The lowest BCUT2D eigenvalue weighted by Crippen LogP contribution is -2.50. The van der Waals surface area contributed by atoms with Crippen molar-refractivity contribution >= 4 is 20.1 Å². The number of ketones is 1. The maximum atomic E-state index is 14.6. The van der Waals surface area contributed by atoms with Gasteiger partial charge in [-0.25, -0.2) is 9.46 Å². The summed E-state index contributed by atoms with van der Waals surface area (Å²) in [5.41, 5.74) is 5.65. The Bertz CT molecular complexity index is 2160.